The van der Waals surface area contributed by atoms with Gasteiger partial charge in [-0.25, -0.2) is 0 Å². The smallest absolute Gasteiger partial charge is 0.310 e. The maximum Gasteiger partial charge on any atom is 0.310 e. The van der Waals surface area contributed by atoms with Crippen molar-refractivity contribution in [1.82, 2.24) is 10.9 Å². The maximum absolute atomic E-state index is 11.8. The number of nitrogens with one attached hydrogen (secondary N) is 2. The molecule has 2 aromatic carbocycles. The van der Waals surface area contributed by atoms with E-state index in [1.165, 1.54) is 18.2 Å². The monoisotopic (exact) mass is 465 g/mol. The summed E-state index contributed by atoms with van der Waals surface area (Å²) in [6.07, 6.45) is 0. The van der Waals surface area contributed by atoms with Gasteiger partial charge in [-0.3, -0.25) is 30.6 Å². The van der Waals surface area contributed by atoms with Crippen LogP contribution in [0, 0.1) is 10.1 Å². The Morgan fingerprint density at radius 1 is 1.03 bits per heavy atom. The zero-order chi connectivity index (χ0) is 21.4. The molecule has 29 heavy (non-hydrogen) atoms. The molecule has 0 fully saturated rings. The Labute approximate surface area is 175 Å². The van der Waals surface area contributed by atoms with Crippen LogP contribution in [-0.4, -0.2) is 30.0 Å². The zero-order valence-electron chi connectivity index (χ0n) is 15.8. The van der Waals surface area contributed by atoms with Crippen molar-refractivity contribution < 1.29 is 24.0 Å². The average molecular weight is 466 g/mol. The van der Waals surface area contributed by atoms with Crippen molar-refractivity contribution in [2.24, 2.45) is 0 Å². The predicted octanol–water partition coefficient (Wildman–Crippen LogP) is 3.09. The molecule has 0 aliphatic heterocycles. The zero-order valence-corrected chi connectivity index (χ0v) is 17.4. The molecular formula is C19H20BrN3O6. The lowest BCUT2D eigenvalue weighted by Crippen LogP contribution is -2.45. The summed E-state index contributed by atoms with van der Waals surface area (Å²) < 4.78 is 11.3. The molecule has 154 valence electrons. The van der Waals surface area contributed by atoms with Crippen LogP contribution in [0.2, 0.25) is 0 Å². The van der Waals surface area contributed by atoms with Crippen molar-refractivity contribution in [3.63, 3.8) is 0 Å². The Morgan fingerprint density at radius 2 is 1.62 bits per heavy atom. The second-order valence-corrected chi connectivity index (χ2v) is 7.10. The van der Waals surface area contributed by atoms with Crippen LogP contribution in [0.15, 0.2) is 46.9 Å². The first-order valence-corrected chi connectivity index (χ1v) is 9.43. The fourth-order valence-corrected chi connectivity index (χ4v) is 2.73. The van der Waals surface area contributed by atoms with Crippen LogP contribution in [0.25, 0.3) is 0 Å². The number of rotatable bonds is 8. The van der Waals surface area contributed by atoms with Crippen LogP contribution >= 0.6 is 15.9 Å². The molecule has 2 rings (SSSR count). The van der Waals surface area contributed by atoms with Crippen molar-refractivity contribution in [1.29, 1.82) is 0 Å². The highest BCUT2D eigenvalue weighted by atomic mass is 79.9. The summed E-state index contributed by atoms with van der Waals surface area (Å²) >= 11 is 3.40. The fraction of sp³-hybridized carbons (Fsp3) is 0.263. The molecule has 2 amide bonds. The number of nitro groups is 1. The van der Waals surface area contributed by atoms with E-state index in [4.69, 9.17) is 9.47 Å². The van der Waals surface area contributed by atoms with Crippen LogP contribution in [0.4, 0.5) is 5.69 Å². The van der Waals surface area contributed by atoms with Gasteiger partial charge in [-0.2, -0.15) is 0 Å². The molecule has 10 heteroatoms. The first kappa shape index (κ1) is 22.2. The Balaban J connectivity index is 1.76. The van der Waals surface area contributed by atoms with E-state index in [1.54, 1.807) is 12.1 Å². The first-order valence-electron chi connectivity index (χ1n) is 8.64. The van der Waals surface area contributed by atoms with Crippen LogP contribution in [0.3, 0.4) is 0 Å². The van der Waals surface area contributed by atoms with Gasteiger partial charge in [0.2, 0.25) is 0 Å². The van der Waals surface area contributed by atoms with E-state index in [1.807, 2.05) is 12.1 Å². The van der Waals surface area contributed by atoms with E-state index in [-0.39, 0.29) is 18.0 Å². The maximum atomic E-state index is 11.8. The fourth-order valence-electron chi connectivity index (χ4n) is 2.22. The number of ether oxygens (including phenoxy) is 2. The molecule has 9 nitrogen and oxygen atoms in total. The quantitative estimate of drug-likeness (QED) is 0.456. The summed E-state index contributed by atoms with van der Waals surface area (Å²) in [5.74, 6) is -0.450. The number of halogens is 1. The summed E-state index contributed by atoms with van der Waals surface area (Å²) in [6, 6.07) is 11.2. The molecule has 0 heterocycles. The number of carbonyl (C=O) groups excluding carboxylic acids is 2. The minimum Gasteiger partial charge on any atom is -0.483 e. The highest BCUT2D eigenvalue weighted by Gasteiger charge is 2.15. The minimum absolute atomic E-state index is 0.0444. The van der Waals surface area contributed by atoms with Gasteiger partial charge in [-0.05, 0) is 45.6 Å². The lowest BCUT2D eigenvalue weighted by atomic mass is 10.0. The number of hydrazine groups is 1. The third-order valence-electron chi connectivity index (χ3n) is 3.74. The Hall–Kier alpha value is -3.14. The number of para-hydroxylation sites is 2. The number of benzene rings is 2. The van der Waals surface area contributed by atoms with Crippen LogP contribution in [0.5, 0.6) is 11.5 Å². The molecule has 0 spiro atoms. The first-order chi connectivity index (χ1) is 13.8. The second kappa shape index (κ2) is 10.4. The van der Waals surface area contributed by atoms with Crippen molar-refractivity contribution in [3.8, 4) is 11.5 Å². The van der Waals surface area contributed by atoms with Gasteiger partial charge in [0.15, 0.2) is 19.0 Å². The van der Waals surface area contributed by atoms with Crippen LogP contribution in [-0.2, 0) is 9.59 Å². The summed E-state index contributed by atoms with van der Waals surface area (Å²) in [5.41, 5.74) is 5.20. The van der Waals surface area contributed by atoms with Gasteiger partial charge in [-0.15, -0.1) is 0 Å². The van der Waals surface area contributed by atoms with Crippen LogP contribution in [0.1, 0.15) is 25.3 Å². The summed E-state index contributed by atoms with van der Waals surface area (Å²) in [6.45, 7) is 3.31. The van der Waals surface area contributed by atoms with E-state index >= 15 is 0 Å². The number of hydrogen-bond acceptors (Lipinski definition) is 6. The number of amides is 2. The van der Waals surface area contributed by atoms with E-state index in [2.05, 4.69) is 40.6 Å². The van der Waals surface area contributed by atoms with Gasteiger partial charge < -0.3 is 9.47 Å². The average Bonchev–Trinajstić information content (AvgIpc) is 2.69. The van der Waals surface area contributed by atoms with Gasteiger partial charge in [-0.1, -0.05) is 32.0 Å². The Morgan fingerprint density at radius 3 is 2.17 bits per heavy atom. The Kier molecular flexibility index (Phi) is 7.96. The highest BCUT2D eigenvalue weighted by molar-refractivity contribution is 9.10. The van der Waals surface area contributed by atoms with Crippen molar-refractivity contribution >= 4 is 33.4 Å². The third kappa shape index (κ3) is 6.75. The topological polar surface area (TPSA) is 120 Å². The molecule has 0 unspecified atom stereocenters. The number of carbonyl (C=O) groups is 2. The highest BCUT2D eigenvalue weighted by Crippen LogP contribution is 2.29. The SMILES string of the molecule is CC(C)c1ccc(OCC(=O)NNC(=O)COc2ccccc2[N+](=O)[O-])c(Br)c1. The van der Waals surface area contributed by atoms with Gasteiger partial charge in [0.1, 0.15) is 5.75 Å². The predicted molar refractivity (Wildman–Crippen MR) is 109 cm³/mol. The molecule has 0 bridgehead atoms. The lowest BCUT2D eigenvalue weighted by Gasteiger charge is -2.12. The molecule has 2 aromatic rings. The van der Waals surface area contributed by atoms with Gasteiger partial charge in [0.05, 0.1) is 9.40 Å². The van der Waals surface area contributed by atoms with E-state index in [0.29, 0.717) is 11.7 Å². The summed E-state index contributed by atoms with van der Waals surface area (Å²) in [7, 11) is 0. The van der Waals surface area contributed by atoms with Crippen LogP contribution < -0.4 is 20.3 Å². The number of nitrogens with zero attached hydrogens (tertiary/aromatic N) is 1. The molecule has 0 saturated carbocycles. The van der Waals surface area contributed by atoms with Crippen molar-refractivity contribution in [2.75, 3.05) is 13.2 Å². The minimum atomic E-state index is -0.682. The standard InChI is InChI=1S/C19H20BrN3O6/c1-12(2)13-7-8-16(14(20)9-13)28-10-18(24)21-22-19(25)11-29-17-6-4-3-5-15(17)23(26)27/h3-9,12H,10-11H2,1-2H3,(H,21,24)(H,22,25). The van der Waals surface area contributed by atoms with E-state index in [9.17, 15) is 19.7 Å². The Bertz CT molecular complexity index is 903. The third-order valence-corrected chi connectivity index (χ3v) is 4.36. The largest absolute Gasteiger partial charge is 0.483 e. The van der Waals surface area contributed by atoms with Gasteiger partial charge in [0, 0.05) is 6.07 Å². The number of hydrogen-bond donors (Lipinski definition) is 2. The molecule has 0 aromatic heterocycles. The summed E-state index contributed by atoms with van der Waals surface area (Å²) in [5, 5.41) is 10.9. The van der Waals surface area contributed by atoms with Gasteiger partial charge in [0.25, 0.3) is 11.8 Å². The van der Waals surface area contributed by atoms with Crippen molar-refractivity contribution in [2.45, 2.75) is 19.8 Å². The van der Waals surface area contributed by atoms with E-state index < -0.39 is 23.3 Å². The second-order valence-electron chi connectivity index (χ2n) is 6.24. The molecule has 0 aliphatic carbocycles. The van der Waals surface area contributed by atoms with Gasteiger partial charge >= 0.3 is 5.69 Å². The normalized spacial score (nSPS) is 10.3. The molecule has 2 N–H and O–H groups in total. The number of nitro benzene ring substituents is 1. The molecular weight excluding hydrogens is 446 g/mol. The molecule has 0 aliphatic rings. The van der Waals surface area contributed by atoms with E-state index in [0.717, 1.165) is 10.0 Å². The summed E-state index contributed by atoms with van der Waals surface area (Å²) in [4.78, 5) is 33.9. The van der Waals surface area contributed by atoms with Crippen molar-refractivity contribution in [3.05, 3.63) is 62.6 Å². The lowest BCUT2D eigenvalue weighted by molar-refractivity contribution is -0.385. The molecule has 0 saturated heterocycles. The molecule has 0 atom stereocenters. The molecule has 0 radical (unpaired) electrons.